The van der Waals surface area contributed by atoms with Crippen molar-refractivity contribution in [2.45, 2.75) is 31.7 Å². The van der Waals surface area contributed by atoms with Gasteiger partial charge in [-0.15, -0.1) is 11.3 Å². The van der Waals surface area contributed by atoms with E-state index in [1.807, 2.05) is 36.4 Å². The van der Waals surface area contributed by atoms with Crippen LogP contribution in [0.25, 0.3) is 0 Å². The van der Waals surface area contributed by atoms with Crippen LogP contribution in [-0.4, -0.2) is 17.6 Å². The standard InChI is InChI=1S/C17H19NO2S/c19-11-14(12-6-2-1-3-7-12)18-17(20)16-10-13-8-4-5-9-15(13)21-16/h1-3,6-7,10,14,19H,4-5,8-9,11H2,(H,18,20)/t14-/m0/s1. The fourth-order valence-corrected chi connectivity index (χ4v) is 3.91. The highest BCUT2D eigenvalue weighted by molar-refractivity contribution is 7.14. The van der Waals surface area contributed by atoms with Gasteiger partial charge < -0.3 is 10.4 Å². The van der Waals surface area contributed by atoms with Crippen molar-refractivity contribution < 1.29 is 9.90 Å². The number of thiophene rings is 1. The Labute approximate surface area is 128 Å². The van der Waals surface area contributed by atoms with E-state index in [0.717, 1.165) is 23.3 Å². The Bertz CT molecular complexity index is 597. The Morgan fingerprint density at radius 3 is 2.71 bits per heavy atom. The molecule has 3 rings (SSSR count). The molecule has 0 spiro atoms. The van der Waals surface area contributed by atoms with Crippen molar-refractivity contribution in [3.8, 4) is 0 Å². The molecular weight excluding hydrogens is 282 g/mol. The van der Waals surface area contributed by atoms with Crippen LogP contribution in [0.5, 0.6) is 0 Å². The normalized spacial score (nSPS) is 15.3. The molecule has 3 nitrogen and oxygen atoms in total. The van der Waals surface area contributed by atoms with Gasteiger partial charge in [0.15, 0.2) is 0 Å². The lowest BCUT2D eigenvalue weighted by Gasteiger charge is -2.16. The monoisotopic (exact) mass is 301 g/mol. The topological polar surface area (TPSA) is 49.3 Å². The number of carbonyl (C=O) groups is 1. The van der Waals surface area contributed by atoms with Crippen LogP contribution in [-0.2, 0) is 12.8 Å². The summed E-state index contributed by atoms with van der Waals surface area (Å²) >= 11 is 1.60. The predicted molar refractivity (Wildman–Crippen MR) is 84.7 cm³/mol. The van der Waals surface area contributed by atoms with Gasteiger partial charge in [0.25, 0.3) is 5.91 Å². The number of aryl methyl sites for hydroxylation is 2. The van der Waals surface area contributed by atoms with Gasteiger partial charge in [-0.25, -0.2) is 0 Å². The van der Waals surface area contributed by atoms with Crippen molar-refractivity contribution in [1.29, 1.82) is 0 Å². The van der Waals surface area contributed by atoms with Gasteiger partial charge in [0, 0.05) is 4.88 Å². The van der Waals surface area contributed by atoms with Crippen molar-refractivity contribution in [3.05, 3.63) is 57.3 Å². The molecule has 4 heteroatoms. The molecule has 0 unspecified atom stereocenters. The molecule has 1 aromatic carbocycles. The van der Waals surface area contributed by atoms with Crippen LogP contribution < -0.4 is 5.32 Å². The average Bonchev–Trinajstić information content (AvgIpc) is 2.97. The van der Waals surface area contributed by atoms with Gasteiger partial charge in [0.2, 0.25) is 0 Å². The zero-order chi connectivity index (χ0) is 14.7. The Kier molecular flexibility index (Phi) is 4.36. The molecule has 0 fully saturated rings. The van der Waals surface area contributed by atoms with Crippen LogP contribution in [0, 0.1) is 0 Å². The summed E-state index contributed by atoms with van der Waals surface area (Å²) in [5.74, 6) is -0.0858. The van der Waals surface area contributed by atoms with Crippen LogP contribution in [0.15, 0.2) is 36.4 Å². The van der Waals surface area contributed by atoms with Gasteiger partial charge in [0.1, 0.15) is 0 Å². The molecule has 0 radical (unpaired) electrons. The molecule has 2 N–H and O–H groups in total. The minimum absolute atomic E-state index is 0.0858. The summed E-state index contributed by atoms with van der Waals surface area (Å²) in [5.41, 5.74) is 2.26. The fourth-order valence-electron chi connectivity index (χ4n) is 2.75. The van der Waals surface area contributed by atoms with Gasteiger partial charge in [0.05, 0.1) is 17.5 Å². The number of rotatable bonds is 4. The van der Waals surface area contributed by atoms with Gasteiger partial charge >= 0.3 is 0 Å². The zero-order valence-corrected chi connectivity index (χ0v) is 12.7. The molecule has 1 amide bonds. The second-order valence-electron chi connectivity index (χ2n) is 5.39. The molecule has 0 saturated carbocycles. The number of nitrogens with one attached hydrogen (secondary N) is 1. The van der Waals surface area contributed by atoms with Gasteiger partial charge in [-0.1, -0.05) is 30.3 Å². The van der Waals surface area contributed by atoms with Crippen LogP contribution in [0.1, 0.15) is 44.6 Å². The summed E-state index contributed by atoms with van der Waals surface area (Å²) in [4.78, 5) is 14.5. The van der Waals surface area contributed by atoms with Crippen molar-refractivity contribution in [2.24, 2.45) is 0 Å². The maximum Gasteiger partial charge on any atom is 0.261 e. The van der Waals surface area contributed by atoms with E-state index in [1.54, 1.807) is 11.3 Å². The van der Waals surface area contributed by atoms with Crippen LogP contribution >= 0.6 is 11.3 Å². The summed E-state index contributed by atoms with van der Waals surface area (Å²) < 4.78 is 0. The number of benzene rings is 1. The van der Waals surface area contributed by atoms with Crippen LogP contribution in [0.3, 0.4) is 0 Å². The van der Waals surface area contributed by atoms with Crippen molar-refractivity contribution >= 4 is 17.2 Å². The van der Waals surface area contributed by atoms with E-state index in [1.165, 1.54) is 23.3 Å². The summed E-state index contributed by atoms with van der Waals surface area (Å²) in [6, 6.07) is 11.3. The third-order valence-electron chi connectivity index (χ3n) is 3.91. The lowest BCUT2D eigenvalue weighted by atomic mass is 9.99. The van der Waals surface area contributed by atoms with Crippen molar-refractivity contribution in [1.82, 2.24) is 5.32 Å². The molecule has 1 aromatic heterocycles. The highest BCUT2D eigenvalue weighted by atomic mass is 32.1. The molecule has 2 aromatic rings. The smallest absolute Gasteiger partial charge is 0.261 e. The number of carbonyl (C=O) groups excluding carboxylic acids is 1. The lowest BCUT2D eigenvalue weighted by molar-refractivity contribution is 0.0920. The number of hydrogen-bond acceptors (Lipinski definition) is 3. The SMILES string of the molecule is O=C(N[C@@H](CO)c1ccccc1)c1cc2c(s1)CCCC2. The molecule has 110 valence electrons. The van der Waals surface area contributed by atoms with Crippen molar-refractivity contribution in [2.75, 3.05) is 6.61 Å². The number of amides is 1. The van der Waals surface area contributed by atoms with Crippen molar-refractivity contribution in [3.63, 3.8) is 0 Å². The summed E-state index contributed by atoms with van der Waals surface area (Å²) in [5, 5.41) is 12.5. The summed E-state index contributed by atoms with van der Waals surface area (Å²) in [7, 11) is 0. The first-order chi connectivity index (χ1) is 10.3. The number of fused-ring (bicyclic) bond motifs is 1. The molecular formula is C17H19NO2S. The largest absolute Gasteiger partial charge is 0.394 e. The Morgan fingerprint density at radius 1 is 1.24 bits per heavy atom. The average molecular weight is 301 g/mol. The first kappa shape index (κ1) is 14.3. The third-order valence-corrected chi connectivity index (χ3v) is 5.15. The van der Waals surface area contributed by atoms with E-state index in [-0.39, 0.29) is 18.6 Å². The molecule has 1 aliphatic carbocycles. The van der Waals surface area contributed by atoms with Gasteiger partial charge in [-0.3, -0.25) is 4.79 Å². The molecule has 1 heterocycles. The second kappa shape index (κ2) is 6.41. The molecule has 0 aliphatic heterocycles. The van der Waals surface area contributed by atoms with E-state index < -0.39 is 0 Å². The van der Waals surface area contributed by atoms with E-state index in [9.17, 15) is 9.90 Å². The summed E-state index contributed by atoms with van der Waals surface area (Å²) in [6.07, 6.45) is 4.61. The third kappa shape index (κ3) is 3.17. The number of aliphatic hydroxyl groups excluding tert-OH is 1. The Hall–Kier alpha value is -1.65. The van der Waals surface area contributed by atoms with Gasteiger partial charge in [-0.05, 0) is 42.9 Å². The van der Waals surface area contributed by atoms with Crippen LogP contribution in [0.4, 0.5) is 0 Å². The van der Waals surface area contributed by atoms with E-state index in [4.69, 9.17) is 0 Å². The Morgan fingerprint density at radius 2 is 2.00 bits per heavy atom. The maximum absolute atomic E-state index is 12.4. The maximum atomic E-state index is 12.4. The number of aliphatic hydroxyl groups is 1. The van der Waals surface area contributed by atoms with E-state index in [2.05, 4.69) is 5.32 Å². The second-order valence-corrected chi connectivity index (χ2v) is 6.52. The molecule has 0 bridgehead atoms. The van der Waals surface area contributed by atoms with E-state index in [0.29, 0.717) is 0 Å². The van der Waals surface area contributed by atoms with E-state index >= 15 is 0 Å². The highest BCUT2D eigenvalue weighted by Gasteiger charge is 2.20. The molecule has 1 aliphatic rings. The lowest BCUT2D eigenvalue weighted by Crippen LogP contribution is -2.30. The molecule has 0 saturated heterocycles. The zero-order valence-electron chi connectivity index (χ0n) is 11.8. The first-order valence-electron chi connectivity index (χ1n) is 7.36. The first-order valence-corrected chi connectivity index (χ1v) is 8.18. The van der Waals surface area contributed by atoms with Crippen LogP contribution in [0.2, 0.25) is 0 Å². The fraction of sp³-hybridized carbons (Fsp3) is 0.353. The van der Waals surface area contributed by atoms with Gasteiger partial charge in [-0.2, -0.15) is 0 Å². The quantitative estimate of drug-likeness (QED) is 0.911. The molecule has 21 heavy (non-hydrogen) atoms. The molecule has 1 atom stereocenters. The minimum atomic E-state index is -0.349. The minimum Gasteiger partial charge on any atom is -0.394 e. The number of hydrogen-bond donors (Lipinski definition) is 2. The summed E-state index contributed by atoms with van der Waals surface area (Å²) in [6.45, 7) is -0.0964. The highest BCUT2D eigenvalue weighted by Crippen LogP contribution is 2.30. The Balaban J connectivity index is 1.74. The predicted octanol–water partition coefficient (Wildman–Crippen LogP) is 3.09.